The van der Waals surface area contributed by atoms with Crippen LogP contribution in [0.1, 0.15) is 39.3 Å². The Hall–Kier alpha value is -0.570. The van der Waals surface area contributed by atoms with Gasteiger partial charge in [-0.05, 0) is 10.8 Å². The highest BCUT2D eigenvalue weighted by molar-refractivity contribution is 7.13. The smallest absolute Gasteiger partial charge is 0.180 e. The summed E-state index contributed by atoms with van der Waals surface area (Å²) in [5.74, 6) is 0.577. The SMILES string of the molecule is CC1(C)C(c2csc(N)n2)C1(C)C. The Morgan fingerprint density at radius 2 is 1.85 bits per heavy atom. The number of anilines is 1. The third kappa shape index (κ3) is 1.03. The van der Waals surface area contributed by atoms with Crippen LogP contribution in [0.3, 0.4) is 0 Å². The zero-order valence-electron chi connectivity index (χ0n) is 8.59. The first kappa shape index (κ1) is 9.00. The fourth-order valence-electron chi connectivity index (χ4n) is 2.37. The van der Waals surface area contributed by atoms with Crippen molar-refractivity contribution in [2.24, 2.45) is 10.8 Å². The lowest BCUT2D eigenvalue weighted by Gasteiger charge is -2.03. The Morgan fingerprint density at radius 1 is 1.31 bits per heavy atom. The number of hydrogen-bond acceptors (Lipinski definition) is 3. The maximum absolute atomic E-state index is 5.63. The molecule has 1 saturated carbocycles. The fourth-order valence-corrected chi connectivity index (χ4v) is 2.96. The number of thiazole rings is 1. The van der Waals surface area contributed by atoms with Crippen molar-refractivity contribution >= 4 is 16.5 Å². The van der Waals surface area contributed by atoms with Gasteiger partial charge in [-0.1, -0.05) is 27.7 Å². The minimum atomic E-state index is 0.369. The summed E-state index contributed by atoms with van der Waals surface area (Å²) < 4.78 is 0. The lowest BCUT2D eigenvalue weighted by molar-refractivity contribution is 0.457. The zero-order chi connectivity index (χ0) is 9.85. The van der Waals surface area contributed by atoms with Gasteiger partial charge in [0.05, 0.1) is 5.69 Å². The highest BCUT2D eigenvalue weighted by Crippen LogP contribution is 2.73. The zero-order valence-corrected chi connectivity index (χ0v) is 9.40. The average molecular weight is 196 g/mol. The van der Waals surface area contributed by atoms with Gasteiger partial charge in [-0.25, -0.2) is 4.98 Å². The van der Waals surface area contributed by atoms with E-state index < -0.39 is 0 Å². The van der Waals surface area contributed by atoms with Crippen molar-refractivity contribution in [1.82, 2.24) is 4.98 Å². The van der Waals surface area contributed by atoms with Crippen LogP contribution in [0.2, 0.25) is 0 Å². The van der Waals surface area contributed by atoms with Crippen molar-refractivity contribution in [3.63, 3.8) is 0 Å². The van der Waals surface area contributed by atoms with Crippen LogP contribution < -0.4 is 5.73 Å². The van der Waals surface area contributed by atoms with E-state index in [1.807, 2.05) is 0 Å². The molecular formula is C10H16N2S. The van der Waals surface area contributed by atoms with Crippen LogP contribution in [-0.4, -0.2) is 4.98 Å². The van der Waals surface area contributed by atoms with E-state index in [1.165, 1.54) is 5.69 Å². The lowest BCUT2D eigenvalue weighted by Crippen LogP contribution is -1.95. The van der Waals surface area contributed by atoms with E-state index in [-0.39, 0.29) is 0 Å². The van der Waals surface area contributed by atoms with Gasteiger partial charge in [0, 0.05) is 11.3 Å². The normalized spacial score (nSPS) is 24.6. The molecule has 0 unspecified atom stereocenters. The molecular weight excluding hydrogens is 180 g/mol. The largest absolute Gasteiger partial charge is 0.375 e. The number of rotatable bonds is 1. The van der Waals surface area contributed by atoms with E-state index in [0.29, 0.717) is 21.9 Å². The lowest BCUT2D eigenvalue weighted by atomic mass is 10.0. The summed E-state index contributed by atoms with van der Waals surface area (Å²) in [7, 11) is 0. The first-order valence-electron chi connectivity index (χ1n) is 4.58. The van der Waals surface area contributed by atoms with Crippen LogP contribution in [0, 0.1) is 10.8 Å². The summed E-state index contributed by atoms with van der Waals surface area (Å²) in [5.41, 5.74) is 7.54. The number of nitrogen functional groups attached to an aromatic ring is 1. The summed E-state index contributed by atoms with van der Waals surface area (Å²) >= 11 is 1.54. The molecule has 3 heteroatoms. The van der Waals surface area contributed by atoms with E-state index in [0.717, 1.165) is 0 Å². The topological polar surface area (TPSA) is 38.9 Å². The molecule has 1 aromatic rings. The van der Waals surface area contributed by atoms with Gasteiger partial charge in [-0.3, -0.25) is 0 Å². The van der Waals surface area contributed by atoms with E-state index in [9.17, 15) is 0 Å². The van der Waals surface area contributed by atoms with Gasteiger partial charge in [-0.2, -0.15) is 0 Å². The molecule has 0 radical (unpaired) electrons. The molecule has 2 rings (SSSR count). The van der Waals surface area contributed by atoms with Crippen molar-refractivity contribution in [3.05, 3.63) is 11.1 Å². The van der Waals surface area contributed by atoms with Crippen molar-refractivity contribution in [2.75, 3.05) is 5.73 Å². The molecule has 0 atom stereocenters. The fraction of sp³-hybridized carbons (Fsp3) is 0.700. The highest BCUT2D eigenvalue weighted by Gasteiger charge is 2.65. The number of aromatic nitrogens is 1. The minimum Gasteiger partial charge on any atom is -0.375 e. The molecule has 2 nitrogen and oxygen atoms in total. The standard InChI is InChI=1S/C10H16N2S/c1-9(2)7(10(9,3)4)6-5-13-8(11)12-6/h5,7H,1-4H3,(H2,11,12). The van der Waals surface area contributed by atoms with Crippen molar-refractivity contribution in [3.8, 4) is 0 Å². The molecule has 0 saturated heterocycles. The third-order valence-electron chi connectivity index (χ3n) is 3.86. The molecule has 2 N–H and O–H groups in total. The van der Waals surface area contributed by atoms with Crippen LogP contribution in [-0.2, 0) is 0 Å². The van der Waals surface area contributed by atoms with E-state index in [1.54, 1.807) is 11.3 Å². The van der Waals surface area contributed by atoms with E-state index >= 15 is 0 Å². The average Bonchev–Trinajstić information content (AvgIpc) is 2.32. The Morgan fingerprint density at radius 3 is 2.15 bits per heavy atom. The second kappa shape index (κ2) is 2.27. The molecule has 0 aromatic carbocycles. The molecule has 0 aliphatic heterocycles. The van der Waals surface area contributed by atoms with Crippen LogP contribution in [0.5, 0.6) is 0 Å². The van der Waals surface area contributed by atoms with Crippen LogP contribution in [0.25, 0.3) is 0 Å². The summed E-state index contributed by atoms with van der Waals surface area (Å²) in [6.45, 7) is 9.20. The molecule has 0 spiro atoms. The van der Waals surface area contributed by atoms with Crippen LogP contribution in [0.4, 0.5) is 5.13 Å². The summed E-state index contributed by atoms with van der Waals surface area (Å²) in [5, 5.41) is 2.78. The molecule has 1 fully saturated rings. The minimum absolute atomic E-state index is 0.369. The Labute approximate surface area is 83.2 Å². The monoisotopic (exact) mass is 196 g/mol. The van der Waals surface area contributed by atoms with Gasteiger partial charge >= 0.3 is 0 Å². The predicted octanol–water partition coefficient (Wildman–Crippen LogP) is 2.87. The molecule has 1 aromatic heterocycles. The van der Waals surface area contributed by atoms with Gasteiger partial charge in [-0.15, -0.1) is 11.3 Å². The van der Waals surface area contributed by atoms with Gasteiger partial charge in [0.1, 0.15) is 0 Å². The molecule has 0 amide bonds. The van der Waals surface area contributed by atoms with E-state index in [4.69, 9.17) is 5.73 Å². The quantitative estimate of drug-likeness (QED) is 0.750. The molecule has 1 heterocycles. The summed E-state index contributed by atoms with van der Waals surface area (Å²) in [6, 6.07) is 0. The third-order valence-corrected chi connectivity index (χ3v) is 4.55. The predicted molar refractivity (Wildman–Crippen MR) is 56.8 cm³/mol. The van der Waals surface area contributed by atoms with Crippen molar-refractivity contribution < 1.29 is 0 Å². The molecule has 1 aliphatic carbocycles. The van der Waals surface area contributed by atoms with Crippen LogP contribution >= 0.6 is 11.3 Å². The Kier molecular flexibility index (Phi) is 1.57. The second-order valence-electron chi connectivity index (χ2n) is 4.99. The van der Waals surface area contributed by atoms with Crippen molar-refractivity contribution in [2.45, 2.75) is 33.6 Å². The van der Waals surface area contributed by atoms with Gasteiger partial charge in [0.2, 0.25) is 0 Å². The van der Waals surface area contributed by atoms with Gasteiger partial charge in [0.25, 0.3) is 0 Å². The number of nitrogens with zero attached hydrogens (tertiary/aromatic N) is 1. The molecule has 13 heavy (non-hydrogen) atoms. The molecule has 1 aliphatic rings. The first-order chi connectivity index (χ1) is 5.87. The maximum atomic E-state index is 5.63. The van der Waals surface area contributed by atoms with E-state index in [2.05, 4.69) is 38.1 Å². The van der Waals surface area contributed by atoms with Crippen LogP contribution in [0.15, 0.2) is 5.38 Å². The highest BCUT2D eigenvalue weighted by atomic mass is 32.1. The molecule has 72 valence electrons. The first-order valence-corrected chi connectivity index (χ1v) is 5.46. The molecule has 0 bridgehead atoms. The Balaban J connectivity index is 2.32. The van der Waals surface area contributed by atoms with Gasteiger partial charge < -0.3 is 5.73 Å². The van der Waals surface area contributed by atoms with Gasteiger partial charge in [0.15, 0.2) is 5.13 Å². The summed E-state index contributed by atoms with van der Waals surface area (Å²) in [6.07, 6.45) is 0. The second-order valence-corrected chi connectivity index (χ2v) is 5.88. The number of nitrogens with two attached hydrogens (primary N) is 1. The summed E-state index contributed by atoms with van der Waals surface area (Å²) in [4.78, 5) is 4.36. The van der Waals surface area contributed by atoms with Crippen molar-refractivity contribution in [1.29, 1.82) is 0 Å². The number of hydrogen-bond donors (Lipinski definition) is 1. The Bertz CT molecular complexity index is 324. The maximum Gasteiger partial charge on any atom is 0.180 e.